The molecule has 2 unspecified atom stereocenters. The van der Waals surface area contributed by atoms with E-state index in [0.717, 1.165) is 36.4 Å². The first-order valence-electron chi connectivity index (χ1n) is 7.71. The fraction of sp³-hybridized carbons (Fsp3) is 0.562. The monoisotopic (exact) mass is 291 g/mol. The minimum atomic E-state index is -0.235. The SMILES string of the molecule is CCCn1c(C2COCC2NCC)nc2cc(F)ccc21. The van der Waals surface area contributed by atoms with E-state index in [1.165, 1.54) is 12.1 Å². The Labute approximate surface area is 124 Å². The Morgan fingerprint density at radius 2 is 2.24 bits per heavy atom. The number of aromatic nitrogens is 2. The highest BCUT2D eigenvalue weighted by Crippen LogP contribution is 2.29. The molecule has 1 saturated heterocycles. The second-order valence-electron chi connectivity index (χ2n) is 5.56. The topological polar surface area (TPSA) is 39.1 Å². The molecule has 1 fully saturated rings. The van der Waals surface area contributed by atoms with E-state index in [4.69, 9.17) is 9.72 Å². The Morgan fingerprint density at radius 1 is 1.38 bits per heavy atom. The van der Waals surface area contributed by atoms with Crippen LogP contribution in [0.2, 0.25) is 0 Å². The molecule has 21 heavy (non-hydrogen) atoms. The summed E-state index contributed by atoms with van der Waals surface area (Å²) in [5, 5.41) is 3.47. The van der Waals surface area contributed by atoms with Crippen molar-refractivity contribution in [2.45, 2.75) is 38.8 Å². The fourth-order valence-corrected chi connectivity index (χ4v) is 3.14. The van der Waals surface area contributed by atoms with E-state index in [0.29, 0.717) is 13.2 Å². The maximum Gasteiger partial charge on any atom is 0.125 e. The van der Waals surface area contributed by atoms with Gasteiger partial charge in [0.15, 0.2) is 0 Å². The molecule has 0 aliphatic carbocycles. The minimum Gasteiger partial charge on any atom is -0.379 e. The van der Waals surface area contributed by atoms with Crippen LogP contribution in [0.15, 0.2) is 18.2 Å². The standard InChI is InChI=1S/C16H22FN3O/c1-3-7-20-15-6-5-11(17)8-13(15)19-16(20)12-9-21-10-14(12)18-4-2/h5-6,8,12,14,18H,3-4,7,9-10H2,1-2H3. The van der Waals surface area contributed by atoms with Gasteiger partial charge in [0, 0.05) is 18.7 Å². The zero-order chi connectivity index (χ0) is 14.8. The van der Waals surface area contributed by atoms with E-state index in [1.54, 1.807) is 0 Å². The van der Waals surface area contributed by atoms with Crippen LogP contribution in [-0.4, -0.2) is 35.4 Å². The molecule has 1 N–H and O–H groups in total. The van der Waals surface area contributed by atoms with E-state index >= 15 is 0 Å². The highest BCUT2D eigenvalue weighted by molar-refractivity contribution is 5.76. The zero-order valence-corrected chi connectivity index (χ0v) is 12.6. The number of imidazole rings is 1. The van der Waals surface area contributed by atoms with Crippen molar-refractivity contribution < 1.29 is 9.13 Å². The van der Waals surface area contributed by atoms with Crippen LogP contribution in [0.5, 0.6) is 0 Å². The summed E-state index contributed by atoms with van der Waals surface area (Å²) in [6.45, 7) is 7.43. The second kappa shape index (κ2) is 6.12. The number of nitrogens with one attached hydrogen (secondary N) is 1. The van der Waals surface area contributed by atoms with Crippen molar-refractivity contribution in [1.82, 2.24) is 14.9 Å². The molecule has 4 nitrogen and oxygen atoms in total. The van der Waals surface area contributed by atoms with Crippen LogP contribution >= 0.6 is 0 Å². The number of nitrogens with zero attached hydrogens (tertiary/aromatic N) is 2. The lowest BCUT2D eigenvalue weighted by atomic mass is 10.0. The number of benzene rings is 1. The van der Waals surface area contributed by atoms with Crippen molar-refractivity contribution >= 4 is 11.0 Å². The van der Waals surface area contributed by atoms with Gasteiger partial charge in [0.25, 0.3) is 0 Å². The van der Waals surface area contributed by atoms with Crippen LogP contribution in [-0.2, 0) is 11.3 Å². The normalized spacial score (nSPS) is 22.2. The molecule has 2 atom stereocenters. The molecule has 1 aromatic heterocycles. The van der Waals surface area contributed by atoms with Gasteiger partial charge in [-0.3, -0.25) is 0 Å². The second-order valence-corrected chi connectivity index (χ2v) is 5.56. The predicted octanol–water partition coefficient (Wildman–Crippen LogP) is 2.68. The van der Waals surface area contributed by atoms with Gasteiger partial charge < -0.3 is 14.6 Å². The lowest BCUT2D eigenvalue weighted by molar-refractivity contribution is 0.187. The average molecular weight is 291 g/mol. The van der Waals surface area contributed by atoms with E-state index in [-0.39, 0.29) is 17.8 Å². The average Bonchev–Trinajstić information content (AvgIpc) is 3.04. The van der Waals surface area contributed by atoms with Crippen LogP contribution in [0.25, 0.3) is 11.0 Å². The highest BCUT2D eigenvalue weighted by Gasteiger charge is 2.33. The Kier molecular flexibility index (Phi) is 4.22. The van der Waals surface area contributed by atoms with Gasteiger partial charge in [-0.25, -0.2) is 9.37 Å². The number of likely N-dealkylation sites (N-methyl/N-ethyl adjacent to an activating group) is 1. The quantitative estimate of drug-likeness (QED) is 0.920. The van der Waals surface area contributed by atoms with Crippen molar-refractivity contribution in [3.8, 4) is 0 Å². The van der Waals surface area contributed by atoms with Gasteiger partial charge in [0.2, 0.25) is 0 Å². The van der Waals surface area contributed by atoms with E-state index in [9.17, 15) is 4.39 Å². The summed E-state index contributed by atoms with van der Waals surface area (Å²) in [5.41, 5.74) is 1.75. The summed E-state index contributed by atoms with van der Waals surface area (Å²) in [5.74, 6) is 1.01. The molecule has 2 aromatic rings. The minimum absolute atomic E-state index is 0.229. The van der Waals surface area contributed by atoms with Crippen LogP contribution in [0.1, 0.15) is 32.0 Å². The molecule has 0 amide bonds. The van der Waals surface area contributed by atoms with Crippen LogP contribution < -0.4 is 5.32 Å². The number of halogens is 1. The fourth-order valence-electron chi connectivity index (χ4n) is 3.14. The Hall–Kier alpha value is -1.46. The first kappa shape index (κ1) is 14.5. The number of rotatable bonds is 5. The zero-order valence-electron chi connectivity index (χ0n) is 12.6. The van der Waals surface area contributed by atoms with Gasteiger partial charge in [-0.15, -0.1) is 0 Å². The largest absolute Gasteiger partial charge is 0.379 e. The molecule has 2 heterocycles. The number of ether oxygens (including phenoxy) is 1. The molecule has 0 radical (unpaired) electrons. The van der Waals surface area contributed by atoms with Crippen molar-refractivity contribution in [1.29, 1.82) is 0 Å². The summed E-state index contributed by atoms with van der Waals surface area (Å²) in [4.78, 5) is 4.71. The molecule has 3 rings (SSSR count). The first-order valence-corrected chi connectivity index (χ1v) is 7.71. The van der Waals surface area contributed by atoms with Gasteiger partial charge in [-0.05, 0) is 25.1 Å². The van der Waals surface area contributed by atoms with Crippen molar-refractivity contribution in [2.75, 3.05) is 19.8 Å². The predicted molar refractivity (Wildman–Crippen MR) is 81.0 cm³/mol. The molecular weight excluding hydrogens is 269 g/mol. The number of hydrogen-bond donors (Lipinski definition) is 1. The summed E-state index contributed by atoms with van der Waals surface area (Å²) < 4.78 is 21.3. The molecule has 0 spiro atoms. The first-order chi connectivity index (χ1) is 10.2. The molecule has 1 aliphatic heterocycles. The molecular formula is C16H22FN3O. The molecule has 1 aliphatic rings. The van der Waals surface area contributed by atoms with E-state index in [2.05, 4.69) is 23.7 Å². The highest BCUT2D eigenvalue weighted by atomic mass is 19.1. The maximum absolute atomic E-state index is 13.5. The third-order valence-electron chi connectivity index (χ3n) is 4.07. The summed E-state index contributed by atoms with van der Waals surface area (Å²) in [7, 11) is 0. The summed E-state index contributed by atoms with van der Waals surface area (Å²) >= 11 is 0. The van der Waals surface area contributed by atoms with Crippen molar-refractivity contribution in [2.24, 2.45) is 0 Å². The third kappa shape index (κ3) is 2.68. The molecule has 0 bridgehead atoms. The van der Waals surface area contributed by atoms with E-state index in [1.807, 2.05) is 6.07 Å². The Balaban J connectivity index is 2.05. The van der Waals surface area contributed by atoms with Gasteiger partial charge in [-0.2, -0.15) is 0 Å². The van der Waals surface area contributed by atoms with Crippen molar-refractivity contribution in [3.05, 3.63) is 29.8 Å². The van der Waals surface area contributed by atoms with Gasteiger partial charge in [-0.1, -0.05) is 13.8 Å². The Bertz CT molecular complexity index is 625. The Morgan fingerprint density at radius 3 is 3.00 bits per heavy atom. The van der Waals surface area contributed by atoms with Gasteiger partial charge in [0.05, 0.1) is 30.2 Å². The van der Waals surface area contributed by atoms with Crippen LogP contribution in [0.4, 0.5) is 4.39 Å². The third-order valence-corrected chi connectivity index (χ3v) is 4.07. The van der Waals surface area contributed by atoms with Crippen LogP contribution in [0, 0.1) is 5.82 Å². The van der Waals surface area contributed by atoms with Gasteiger partial charge in [0.1, 0.15) is 11.6 Å². The molecule has 1 aromatic carbocycles. The summed E-state index contributed by atoms with van der Waals surface area (Å²) in [6.07, 6.45) is 1.02. The van der Waals surface area contributed by atoms with Crippen molar-refractivity contribution in [3.63, 3.8) is 0 Å². The molecule has 5 heteroatoms. The molecule has 114 valence electrons. The number of aryl methyl sites for hydroxylation is 1. The van der Waals surface area contributed by atoms with Crippen LogP contribution in [0.3, 0.4) is 0 Å². The number of fused-ring (bicyclic) bond motifs is 1. The maximum atomic E-state index is 13.5. The van der Waals surface area contributed by atoms with E-state index < -0.39 is 0 Å². The lowest BCUT2D eigenvalue weighted by Gasteiger charge is -2.19. The van der Waals surface area contributed by atoms with Gasteiger partial charge >= 0.3 is 0 Å². The number of hydrogen-bond acceptors (Lipinski definition) is 3. The smallest absolute Gasteiger partial charge is 0.125 e. The summed E-state index contributed by atoms with van der Waals surface area (Å²) in [6, 6.07) is 5.14. The lowest BCUT2D eigenvalue weighted by Crippen LogP contribution is -2.35. The molecule has 0 saturated carbocycles.